The fourth-order valence-corrected chi connectivity index (χ4v) is 2.58. The van der Waals surface area contributed by atoms with Gasteiger partial charge in [0.25, 0.3) is 11.6 Å². The van der Waals surface area contributed by atoms with Crippen LogP contribution in [0.1, 0.15) is 16.1 Å². The van der Waals surface area contributed by atoms with Crippen LogP contribution in [0.15, 0.2) is 65.1 Å². The second-order valence-corrected chi connectivity index (χ2v) is 6.14. The van der Waals surface area contributed by atoms with Crippen LogP contribution >= 0.6 is 0 Å². The van der Waals surface area contributed by atoms with Crippen molar-refractivity contribution in [3.63, 3.8) is 0 Å². The summed E-state index contributed by atoms with van der Waals surface area (Å²) in [6.45, 7) is -0.759. The van der Waals surface area contributed by atoms with Crippen molar-refractivity contribution in [3.05, 3.63) is 82.1 Å². The first-order chi connectivity index (χ1) is 14.6. The molecule has 1 aromatic heterocycles. The normalized spacial score (nSPS) is 11.1. The number of nitro groups is 1. The lowest BCUT2D eigenvalue weighted by Crippen LogP contribution is -2.21. The lowest BCUT2D eigenvalue weighted by Gasteiger charge is -2.07. The van der Waals surface area contributed by atoms with Crippen molar-refractivity contribution in [2.75, 3.05) is 11.9 Å². The predicted molar refractivity (Wildman–Crippen MR) is 101 cm³/mol. The highest BCUT2D eigenvalue weighted by atomic mass is 19.4. The van der Waals surface area contributed by atoms with Crippen LogP contribution in [-0.4, -0.2) is 23.4 Å². The molecule has 0 unspecified atom stereocenters. The maximum atomic E-state index is 12.8. The van der Waals surface area contributed by atoms with Crippen molar-refractivity contribution < 1.29 is 36.8 Å². The minimum absolute atomic E-state index is 0.00223. The molecule has 160 valence electrons. The zero-order valence-corrected chi connectivity index (χ0v) is 15.5. The highest BCUT2D eigenvalue weighted by molar-refractivity contribution is 5.96. The summed E-state index contributed by atoms with van der Waals surface area (Å²) in [6.07, 6.45) is -4.54. The Bertz CT molecular complexity index is 1140. The first kappa shape index (κ1) is 21.6. The SMILES string of the molecule is O=C(COC(=O)c1ccc(-c2cccc(C(F)(F)F)c2)o1)Nc1ccccc1[N+](=O)[O-]. The number of nitrogens with zero attached hydrogens (tertiary/aromatic N) is 1. The number of esters is 1. The smallest absolute Gasteiger partial charge is 0.416 e. The number of anilines is 1. The number of hydrogen-bond donors (Lipinski definition) is 1. The van der Waals surface area contributed by atoms with Gasteiger partial charge in [-0.1, -0.05) is 24.3 Å². The molecule has 0 bridgehead atoms. The van der Waals surface area contributed by atoms with E-state index in [9.17, 15) is 32.9 Å². The number of benzene rings is 2. The molecule has 0 spiro atoms. The minimum Gasteiger partial charge on any atom is -0.450 e. The van der Waals surface area contributed by atoms with Gasteiger partial charge < -0.3 is 14.5 Å². The number of hydrogen-bond acceptors (Lipinski definition) is 6. The van der Waals surface area contributed by atoms with Gasteiger partial charge in [0.2, 0.25) is 5.76 Å². The number of nitro benzene ring substituents is 1. The minimum atomic E-state index is -4.54. The monoisotopic (exact) mass is 434 g/mol. The van der Waals surface area contributed by atoms with Gasteiger partial charge in [0.15, 0.2) is 6.61 Å². The summed E-state index contributed by atoms with van der Waals surface area (Å²) in [5.41, 5.74) is -1.18. The Balaban J connectivity index is 1.63. The highest BCUT2D eigenvalue weighted by Gasteiger charge is 2.30. The number of furan rings is 1. The van der Waals surface area contributed by atoms with E-state index in [4.69, 9.17) is 9.15 Å². The van der Waals surface area contributed by atoms with E-state index in [0.29, 0.717) is 0 Å². The maximum Gasteiger partial charge on any atom is 0.416 e. The Morgan fingerprint density at radius 2 is 1.81 bits per heavy atom. The molecule has 1 N–H and O–H groups in total. The van der Waals surface area contributed by atoms with Crippen molar-refractivity contribution in [1.29, 1.82) is 0 Å². The fourth-order valence-electron chi connectivity index (χ4n) is 2.58. The van der Waals surface area contributed by atoms with Gasteiger partial charge in [-0.3, -0.25) is 14.9 Å². The van der Waals surface area contributed by atoms with Gasteiger partial charge >= 0.3 is 12.1 Å². The number of para-hydroxylation sites is 2. The first-order valence-electron chi connectivity index (χ1n) is 8.63. The van der Waals surface area contributed by atoms with E-state index in [1.54, 1.807) is 0 Å². The van der Waals surface area contributed by atoms with Crippen LogP contribution in [0.4, 0.5) is 24.5 Å². The second kappa shape index (κ2) is 8.69. The average molecular weight is 434 g/mol. The Morgan fingerprint density at radius 1 is 1.06 bits per heavy atom. The predicted octanol–water partition coefficient (Wildman–Crippen LogP) is 4.67. The number of nitrogens with one attached hydrogen (secondary N) is 1. The lowest BCUT2D eigenvalue weighted by molar-refractivity contribution is -0.383. The highest BCUT2D eigenvalue weighted by Crippen LogP contribution is 2.32. The molecular formula is C20H13F3N2O6. The largest absolute Gasteiger partial charge is 0.450 e. The van der Waals surface area contributed by atoms with E-state index in [-0.39, 0.29) is 28.5 Å². The number of carbonyl (C=O) groups excluding carboxylic acids is 2. The van der Waals surface area contributed by atoms with Crippen molar-refractivity contribution in [2.45, 2.75) is 6.18 Å². The zero-order chi connectivity index (χ0) is 22.6. The third-order valence-electron chi connectivity index (χ3n) is 3.99. The molecule has 3 aromatic rings. The van der Waals surface area contributed by atoms with Gasteiger partial charge in [0.1, 0.15) is 11.4 Å². The van der Waals surface area contributed by atoms with E-state index in [2.05, 4.69) is 5.32 Å². The van der Waals surface area contributed by atoms with Crippen molar-refractivity contribution in [1.82, 2.24) is 0 Å². The molecule has 8 nitrogen and oxygen atoms in total. The standard InChI is InChI=1S/C20H13F3N2O6/c21-20(22,23)13-5-3-4-12(10-13)16-8-9-17(31-16)19(27)30-11-18(26)24-14-6-1-2-7-15(14)25(28)29/h1-10H,11H2,(H,24,26). The van der Waals surface area contributed by atoms with Gasteiger partial charge in [-0.15, -0.1) is 0 Å². The topological polar surface area (TPSA) is 112 Å². The van der Waals surface area contributed by atoms with Gasteiger partial charge in [0.05, 0.1) is 10.5 Å². The summed E-state index contributed by atoms with van der Waals surface area (Å²) >= 11 is 0. The maximum absolute atomic E-state index is 12.8. The van der Waals surface area contributed by atoms with E-state index in [1.165, 1.54) is 48.5 Å². The summed E-state index contributed by atoms with van der Waals surface area (Å²) in [7, 11) is 0. The number of ether oxygens (including phenoxy) is 1. The summed E-state index contributed by atoms with van der Waals surface area (Å²) < 4.78 is 48.5. The van der Waals surface area contributed by atoms with Crippen LogP contribution in [0.5, 0.6) is 0 Å². The van der Waals surface area contributed by atoms with E-state index < -0.39 is 35.1 Å². The molecule has 0 aliphatic rings. The second-order valence-electron chi connectivity index (χ2n) is 6.14. The molecule has 1 amide bonds. The number of alkyl halides is 3. The van der Waals surface area contributed by atoms with Gasteiger partial charge in [0, 0.05) is 11.6 Å². The molecule has 0 aliphatic heterocycles. The van der Waals surface area contributed by atoms with Crippen LogP contribution in [-0.2, 0) is 15.7 Å². The quantitative estimate of drug-likeness (QED) is 0.343. The van der Waals surface area contributed by atoms with E-state index in [0.717, 1.165) is 12.1 Å². The van der Waals surface area contributed by atoms with E-state index >= 15 is 0 Å². The number of rotatable bonds is 6. The number of halogens is 3. The number of amides is 1. The summed E-state index contributed by atoms with van der Waals surface area (Å²) in [5.74, 6) is -2.18. The Kier molecular flexibility index (Phi) is 6.05. The molecule has 0 saturated carbocycles. The van der Waals surface area contributed by atoms with Gasteiger partial charge in [-0.25, -0.2) is 4.79 Å². The number of carbonyl (C=O) groups is 2. The van der Waals surface area contributed by atoms with Crippen molar-refractivity contribution >= 4 is 23.3 Å². The molecule has 0 radical (unpaired) electrons. The van der Waals surface area contributed by atoms with E-state index in [1.807, 2.05) is 0 Å². The molecule has 31 heavy (non-hydrogen) atoms. The average Bonchev–Trinajstić information content (AvgIpc) is 3.22. The summed E-state index contributed by atoms with van der Waals surface area (Å²) in [4.78, 5) is 34.3. The van der Waals surface area contributed by atoms with Crippen LogP contribution in [0.3, 0.4) is 0 Å². The summed E-state index contributed by atoms with van der Waals surface area (Å²) in [6, 6.07) is 12.2. The van der Waals surface area contributed by atoms with Crippen molar-refractivity contribution in [3.8, 4) is 11.3 Å². The van der Waals surface area contributed by atoms with Gasteiger partial charge in [-0.2, -0.15) is 13.2 Å². The summed E-state index contributed by atoms with van der Waals surface area (Å²) in [5, 5.41) is 13.2. The first-order valence-corrected chi connectivity index (χ1v) is 8.63. The Morgan fingerprint density at radius 3 is 2.52 bits per heavy atom. The molecule has 0 saturated heterocycles. The molecular weight excluding hydrogens is 421 g/mol. The third-order valence-corrected chi connectivity index (χ3v) is 3.99. The third kappa shape index (κ3) is 5.26. The zero-order valence-electron chi connectivity index (χ0n) is 15.5. The molecule has 0 atom stereocenters. The van der Waals surface area contributed by atoms with Gasteiger partial charge in [-0.05, 0) is 30.3 Å². The Hall–Kier alpha value is -4.15. The molecule has 11 heteroatoms. The van der Waals surface area contributed by atoms with Crippen molar-refractivity contribution in [2.24, 2.45) is 0 Å². The molecule has 3 rings (SSSR count). The molecule has 0 aliphatic carbocycles. The van der Waals surface area contributed by atoms with Crippen LogP contribution in [0, 0.1) is 10.1 Å². The molecule has 0 fully saturated rings. The fraction of sp³-hybridized carbons (Fsp3) is 0.100. The molecule has 2 aromatic carbocycles. The van der Waals surface area contributed by atoms with Crippen LogP contribution < -0.4 is 5.32 Å². The van der Waals surface area contributed by atoms with Crippen LogP contribution in [0.2, 0.25) is 0 Å². The Labute approximate surface area is 172 Å². The van der Waals surface area contributed by atoms with Crippen LogP contribution in [0.25, 0.3) is 11.3 Å². The molecule has 1 heterocycles. The lowest BCUT2D eigenvalue weighted by atomic mass is 10.1.